The van der Waals surface area contributed by atoms with Crippen LogP contribution in [0.2, 0.25) is 5.02 Å². The lowest BCUT2D eigenvalue weighted by Gasteiger charge is -2.08. The summed E-state index contributed by atoms with van der Waals surface area (Å²) in [6, 6.07) is 3.66. The van der Waals surface area contributed by atoms with E-state index in [1.807, 2.05) is 24.4 Å². The van der Waals surface area contributed by atoms with Crippen LogP contribution in [0.5, 0.6) is 0 Å². The number of nitrogens with one attached hydrogen (secondary N) is 1. The van der Waals surface area contributed by atoms with Crippen LogP contribution >= 0.6 is 22.9 Å². The van der Waals surface area contributed by atoms with Gasteiger partial charge in [0.2, 0.25) is 5.91 Å². The van der Waals surface area contributed by atoms with E-state index in [4.69, 9.17) is 17.3 Å². The molecule has 6 heteroatoms. The van der Waals surface area contributed by atoms with E-state index in [0.29, 0.717) is 10.2 Å². The van der Waals surface area contributed by atoms with Crippen molar-refractivity contribution in [2.24, 2.45) is 0 Å². The third-order valence-electron chi connectivity index (χ3n) is 3.28. The van der Waals surface area contributed by atoms with Gasteiger partial charge in [-0.25, -0.2) is 4.98 Å². The SMILES string of the molecule is CCC1C(=O)Nc2c(-c3csc(N)n3)cc(Cl)cc21. The van der Waals surface area contributed by atoms with Crippen molar-refractivity contribution in [2.45, 2.75) is 19.3 Å². The number of nitrogens with zero attached hydrogens (tertiary/aromatic N) is 1. The van der Waals surface area contributed by atoms with Crippen LogP contribution in [0, 0.1) is 0 Å². The maximum Gasteiger partial charge on any atom is 0.232 e. The smallest absolute Gasteiger partial charge is 0.232 e. The second-order valence-electron chi connectivity index (χ2n) is 4.44. The van der Waals surface area contributed by atoms with Gasteiger partial charge >= 0.3 is 0 Å². The molecular formula is C13H12ClN3OS. The Morgan fingerprint density at radius 3 is 2.95 bits per heavy atom. The largest absolute Gasteiger partial charge is 0.375 e. The molecule has 2 aromatic rings. The molecule has 0 bridgehead atoms. The third kappa shape index (κ3) is 1.99. The molecule has 3 rings (SSSR count). The van der Waals surface area contributed by atoms with Crippen molar-refractivity contribution in [1.82, 2.24) is 4.98 Å². The van der Waals surface area contributed by atoms with Crippen molar-refractivity contribution in [1.29, 1.82) is 0 Å². The molecule has 0 aliphatic carbocycles. The number of carbonyl (C=O) groups is 1. The molecule has 1 atom stereocenters. The lowest BCUT2D eigenvalue weighted by molar-refractivity contribution is -0.117. The predicted octanol–water partition coefficient (Wildman–Crippen LogP) is 3.49. The fourth-order valence-corrected chi connectivity index (χ4v) is 3.20. The second kappa shape index (κ2) is 4.51. The normalized spacial score (nSPS) is 17.4. The summed E-state index contributed by atoms with van der Waals surface area (Å²) in [5, 5.41) is 5.90. The summed E-state index contributed by atoms with van der Waals surface area (Å²) >= 11 is 7.53. The molecule has 1 aromatic heterocycles. The second-order valence-corrected chi connectivity index (χ2v) is 5.76. The zero-order valence-corrected chi connectivity index (χ0v) is 11.8. The van der Waals surface area contributed by atoms with E-state index >= 15 is 0 Å². The Bertz CT molecular complexity index is 668. The highest BCUT2D eigenvalue weighted by Gasteiger charge is 2.32. The van der Waals surface area contributed by atoms with Gasteiger partial charge in [0.25, 0.3) is 0 Å². The Labute approximate surface area is 119 Å². The van der Waals surface area contributed by atoms with Crippen molar-refractivity contribution in [3.63, 3.8) is 0 Å². The molecular weight excluding hydrogens is 282 g/mol. The van der Waals surface area contributed by atoms with E-state index in [1.165, 1.54) is 11.3 Å². The van der Waals surface area contributed by atoms with Crippen LogP contribution in [0.4, 0.5) is 10.8 Å². The Kier molecular flexibility index (Phi) is 2.95. The number of nitrogens with two attached hydrogens (primary N) is 1. The van der Waals surface area contributed by atoms with Gasteiger partial charge in [-0.05, 0) is 24.1 Å². The predicted molar refractivity (Wildman–Crippen MR) is 78.6 cm³/mol. The molecule has 1 aromatic carbocycles. The van der Waals surface area contributed by atoms with Gasteiger partial charge in [-0.1, -0.05) is 18.5 Å². The van der Waals surface area contributed by atoms with E-state index in [9.17, 15) is 4.79 Å². The first-order valence-electron chi connectivity index (χ1n) is 5.95. The number of halogens is 1. The van der Waals surface area contributed by atoms with Crippen LogP contribution in [0.1, 0.15) is 24.8 Å². The van der Waals surface area contributed by atoms with Gasteiger partial charge in [-0.2, -0.15) is 0 Å². The summed E-state index contributed by atoms with van der Waals surface area (Å²) in [5.41, 5.74) is 9.01. The standard InChI is InChI=1S/C13H12ClN3OS/c1-2-7-8-3-6(14)4-9(11(8)17-12(7)18)10-5-19-13(15)16-10/h3-5,7H,2H2,1H3,(H2,15,16)(H,17,18). The maximum atomic E-state index is 12.0. The lowest BCUT2D eigenvalue weighted by Crippen LogP contribution is -2.10. The minimum atomic E-state index is -0.136. The Morgan fingerprint density at radius 1 is 1.53 bits per heavy atom. The van der Waals surface area contributed by atoms with Crippen LogP contribution < -0.4 is 11.1 Å². The highest BCUT2D eigenvalue weighted by atomic mass is 35.5. The summed E-state index contributed by atoms with van der Waals surface area (Å²) in [6.07, 6.45) is 0.748. The first-order chi connectivity index (χ1) is 9.10. The highest BCUT2D eigenvalue weighted by Crippen LogP contribution is 2.43. The minimum Gasteiger partial charge on any atom is -0.375 e. The number of fused-ring (bicyclic) bond motifs is 1. The number of benzene rings is 1. The van der Waals surface area contributed by atoms with E-state index in [1.54, 1.807) is 0 Å². The van der Waals surface area contributed by atoms with Crippen molar-refractivity contribution in [3.05, 3.63) is 28.1 Å². The number of rotatable bonds is 2. The number of aromatic nitrogens is 1. The van der Waals surface area contributed by atoms with Gasteiger partial charge in [0, 0.05) is 16.0 Å². The average molecular weight is 294 g/mol. The molecule has 4 nitrogen and oxygen atoms in total. The van der Waals surface area contributed by atoms with Gasteiger partial charge < -0.3 is 11.1 Å². The van der Waals surface area contributed by atoms with E-state index < -0.39 is 0 Å². The van der Waals surface area contributed by atoms with Crippen LogP contribution in [0.25, 0.3) is 11.3 Å². The van der Waals surface area contributed by atoms with Crippen molar-refractivity contribution in [2.75, 3.05) is 11.1 Å². The number of nitrogen functional groups attached to an aromatic ring is 1. The molecule has 19 heavy (non-hydrogen) atoms. The quantitative estimate of drug-likeness (QED) is 0.890. The van der Waals surface area contributed by atoms with E-state index in [0.717, 1.165) is 28.9 Å². The molecule has 0 saturated heterocycles. The number of hydrogen-bond donors (Lipinski definition) is 2. The number of carbonyl (C=O) groups excluding carboxylic acids is 1. The van der Waals surface area contributed by atoms with Gasteiger partial charge in [-0.3, -0.25) is 4.79 Å². The van der Waals surface area contributed by atoms with Gasteiger partial charge in [0.05, 0.1) is 17.3 Å². The number of hydrogen-bond acceptors (Lipinski definition) is 4. The van der Waals surface area contributed by atoms with Crippen LogP contribution in [0.15, 0.2) is 17.5 Å². The highest BCUT2D eigenvalue weighted by molar-refractivity contribution is 7.13. The van der Waals surface area contributed by atoms with Crippen LogP contribution in [-0.4, -0.2) is 10.9 Å². The topological polar surface area (TPSA) is 68.0 Å². The minimum absolute atomic E-state index is 0.0178. The molecule has 1 unspecified atom stereocenters. The molecule has 0 spiro atoms. The zero-order valence-electron chi connectivity index (χ0n) is 10.2. The maximum absolute atomic E-state index is 12.0. The fraction of sp³-hybridized carbons (Fsp3) is 0.231. The summed E-state index contributed by atoms with van der Waals surface area (Å²) in [7, 11) is 0. The van der Waals surface area contributed by atoms with Crippen molar-refractivity contribution in [3.8, 4) is 11.3 Å². The fourth-order valence-electron chi connectivity index (χ4n) is 2.41. The number of amides is 1. The van der Waals surface area contributed by atoms with Gasteiger partial charge in [0.15, 0.2) is 5.13 Å². The molecule has 1 aliphatic heterocycles. The summed E-state index contributed by atoms with van der Waals surface area (Å²) in [4.78, 5) is 16.2. The summed E-state index contributed by atoms with van der Waals surface area (Å²) in [6.45, 7) is 1.99. The molecule has 0 fully saturated rings. The van der Waals surface area contributed by atoms with Crippen LogP contribution in [0.3, 0.4) is 0 Å². The van der Waals surface area contributed by atoms with E-state index in [-0.39, 0.29) is 11.8 Å². The lowest BCUT2D eigenvalue weighted by atomic mass is 9.96. The van der Waals surface area contributed by atoms with Crippen LogP contribution in [-0.2, 0) is 4.79 Å². The van der Waals surface area contributed by atoms with Crippen molar-refractivity contribution < 1.29 is 4.79 Å². The summed E-state index contributed by atoms with van der Waals surface area (Å²) in [5.74, 6) is -0.118. The molecule has 0 radical (unpaired) electrons. The van der Waals surface area contributed by atoms with Gasteiger partial charge in [-0.15, -0.1) is 11.3 Å². The average Bonchev–Trinajstić information content (AvgIpc) is 2.91. The number of anilines is 2. The number of thiazole rings is 1. The van der Waals surface area contributed by atoms with Crippen molar-refractivity contribution >= 4 is 39.7 Å². The molecule has 1 aliphatic rings. The Morgan fingerprint density at radius 2 is 2.32 bits per heavy atom. The molecule has 2 heterocycles. The molecule has 98 valence electrons. The van der Waals surface area contributed by atoms with E-state index in [2.05, 4.69) is 10.3 Å². The Hall–Kier alpha value is -1.59. The molecule has 0 saturated carbocycles. The molecule has 1 amide bonds. The summed E-state index contributed by atoms with van der Waals surface area (Å²) < 4.78 is 0. The first kappa shape index (κ1) is 12.4. The third-order valence-corrected chi connectivity index (χ3v) is 4.17. The zero-order chi connectivity index (χ0) is 13.6. The first-order valence-corrected chi connectivity index (χ1v) is 7.21. The molecule has 3 N–H and O–H groups in total. The monoisotopic (exact) mass is 293 g/mol. The van der Waals surface area contributed by atoms with Gasteiger partial charge in [0.1, 0.15) is 0 Å². The Balaban J connectivity index is 2.20.